The van der Waals surface area contributed by atoms with Gasteiger partial charge in [-0.25, -0.2) is 14.8 Å². The van der Waals surface area contributed by atoms with Crippen LogP contribution < -0.4 is 15.8 Å². The number of aryl methyl sites for hydroxylation is 2. The van der Waals surface area contributed by atoms with Crippen LogP contribution in [0.2, 0.25) is 0 Å². The van der Waals surface area contributed by atoms with Gasteiger partial charge in [-0.15, -0.1) is 0 Å². The number of amides is 1. The number of carbonyl (C=O) groups is 3. The number of nitrogens with one attached hydrogen (secondary N) is 2. The van der Waals surface area contributed by atoms with E-state index in [0.29, 0.717) is 29.0 Å². The summed E-state index contributed by atoms with van der Waals surface area (Å²) < 4.78 is 0. The number of hydrogen-bond donors (Lipinski definition) is 4. The van der Waals surface area contributed by atoms with Crippen molar-refractivity contribution in [3.8, 4) is 0 Å². The summed E-state index contributed by atoms with van der Waals surface area (Å²) in [4.78, 5) is 59.7. The summed E-state index contributed by atoms with van der Waals surface area (Å²) in [5.74, 6) is -2.63. The SMILES string of the molecule is Cc1nc2cc(C)c(CN(C)c3ccc(C(=O)N[C@@H](CCC(=O)O)C(=O)O)nc3)cc2c(=O)[nH]1. The van der Waals surface area contributed by atoms with E-state index < -0.39 is 23.9 Å². The number of anilines is 1. The third kappa shape index (κ3) is 5.74. The van der Waals surface area contributed by atoms with Crippen LogP contribution >= 0.6 is 0 Å². The number of carbonyl (C=O) groups excluding carboxylic acids is 1. The van der Waals surface area contributed by atoms with E-state index >= 15 is 0 Å². The van der Waals surface area contributed by atoms with Crippen molar-refractivity contribution in [2.45, 2.75) is 39.3 Å². The summed E-state index contributed by atoms with van der Waals surface area (Å²) in [6.45, 7) is 4.14. The van der Waals surface area contributed by atoms with E-state index in [1.54, 1.807) is 13.0 Å². The van der Waals surface area contributed by atoms with Gasteiger partial charge in [0.2, 0.25) is 0 Å². The minimum atomic E-state index is -1.33. The first-order valence-electron chi connectivity index (χ1n) is 10.5. The third-order valence-corrected chi connectivity index (χ3v) is 5.36. The Bertz CT molecular complexity index is 1300. The molecule has 2 aromatic heterocycles. The summed E-state index contributed by atoms with van der Waals surface area (Å²) in [7, 11) is 1.84. The topological polar surface area (TPSA) is 166 Å². The van der Waals surface area contributed by atoms with E-state index in [4.69, 9.17) is 5.11 Å². The number of aromatic amines is 1. The fourth-order valence-electron chi connectivity index (χ4n) is 3.47. The van der Waals surface area contributed by atoms with E-state index in [0.717, 1.165) is 11.1 Å². The van der Waals surface area contributed by atoms with Crippen LogP contribution in [-0.2, 0) is 16.1 Å². The van der Waals surface area contributed by atoms with E-state index in [9.17, 15) is 24.3 Å². The molecular weight excluding hydrogens is 442 g/mol. The van der Waals surface area contributed by atoms with Gasteiger partial charge < -0.3 is 25.4 Å². The smallest absolute Gasteiger partial charge is 0.326 e. The molecule has 0 bridgehead atoms. The van der Waals surface area contributed by atoms with Gasteiger partial charge in [-0.1, -0.05) is 0 Å². The first kappa shape index (κ1) is 24.4. The molecule has 0 saturated heterocycles. The van der Waals surface area contributed by atoms with Crippen LogP contribution in [0.5, 0.6) is 0 Å². The molecule has 0 fully saturated rings. The molecule has 4 N–H and O–H groups in total. The summed E-state index contributed by atoms with van der Waals surface area (Å²) >= 11 is 0. The van der Waals surface area contributed by atoms with E-state index in [1.165, 1.54) is 12.3 Å². The largest absolute Gasteiger partial charge is 0.481 e. The molecule has 1 amide bonds. The quantitative estimate of drug-likeness (QED) is 0.366. The minimum absolute atomic E-state index is 0.00795. The Balaban J connectivity index is 1.72. The fourth-order valence-corrected chi connectivity index (χ4v) is 3.47. The molecule has 0 aliphatic heterocycles. The third-order valence-electron chi connectivity index (χ3n) is 5.36. The highest BCUT2D eigenvalue weighted by molar-refractivity contribution is 5.95. The molecule has 0 aliphatic carbocycles. The zero-order valence-electron chi connectivity index (χ0n) is 19.0. The number of H-pyrrole nitrogens is 1. The van der Waals surface area contributed by atoms with E-state index in [1.807, 2.05) is 31.0 Å². The maximum atomic E-state index is 12.4. The average Bonchev–Trinajstić information content (AvgIpc) is 2.77. The van der Waals surface area contributed by atoms with Gasteiger partial charge in [0.15, 0.2) is 0 Å². The van der Waals surface area contributed by atoms with E-state index in [-0.39, 0.29) is 24.1 Å². The second kappa shape index (κ2) is 10.1. The van der Waals surface area contributed by atoms with E-state index in [2.05, 4.69) is 20.3 Å². The number of nitrogens with zero attached hydrogens (tertiary/aromatic N) is 3. The molecule has 2 heterocycles. The first-order valence-corrected chi connectivity index (χ1v) is 10.5. The van der Waals surface area contributed by atoms with Crippen LogP contribution in [0.15, 0.2) is 35.3 Å². The van der Waals surface area contributed by atoms with Crippen LogP contribution in [0.4, 0.5) is 5.69 Å². The maximum Gasteiger partial charge on any atom is 0.326 e. The zero-order valence-corrected chi connectivity index (χ0v) is 19.0. The Morgan fingerprint density at radius 2 is 1.91 bits per heavy atom. The van der Waals surface area contributed by atoms with Gasteiger partial charge in [0.05, 0.1) is 22.8 Å². The molecule has 11 heteroatoms. The Hall–Kier alpha value is -4.28. The van der Waals surface area contributed by atoms with Crippen molar-refractivity contribution in [2.75, 3.05) is 11.9 Å². The van der Waals surface area contributed by atoms with Crippen molar-refractivity contribution in [3.63, 3.8) is 0 Å². The Morgan fingerprint density at radius 3 is 2.53 bits per heavy atom. The maximum absolute atomic E-state index is 12.4. The lowest BCUT2D eigenvalue weighted by Gasteiger charge is -2.21. The molecule has 0 saturated carbocycles. The molecule has 1 atom stereocenters. The van der Waals surface area contributed by atoms with Gasteiger partial charge in [-0.2, -0.15) is 0 Å². The number of pyridine rings is 1. The lowest BCUT2D eigenvalue weighted by Crippen LogP contribution is -2.41. The van der Waals surface area contributed by atoms with Crippen molar-refractivity contribution >= 4 is 34.4 Å². The van der Waals surface area contributed by atoms with Crippen LogP contribution in [0.1, 0.15) is 40.3 Å². The molecule has 0 spiro atoms. The number of benzene rings is 1. The van der Waals surface area contributed by atoms with Gasteiger partial charge in [-0.05, 0) is 55.7 Å². The van der Waals surface area contributed by atoms with Crippen LogP contribution in [0.3, 0.4) is 0 Å². The summed E-state index contributed by atoms with van der Waals surface area (Å²) in [6.07, 6.45) is 0.862. The normalized spacial score (nSPS) is 11.7. The lowest BCUT2D eigenvalue weighted by molar-refractivity contribution is -0.140. The Labute approximate surface area is 194 Å². The highest BCUT2D eigenvalue weighted by atomic mass is 16.4. The second-order valence-corrected chi connectivity index (χ2v) is 8.00. The van der Waals surface area contributed by atoms with Gasteiger partial charge in [-0.3, -0.25) is 14.4 Å². The number of rotatable bonds is 9. The van der Waals surface area contributed by atoms with Crippen LogP contribution in [0.25, 0.3) is 10.9 Å². The lowest BCUT2D eigenvalue weighted by atomic mass is 10.0. The van der Waals surface area contributed by atoms with Crippen LogP contribution in [-0.4, -0.2) is 56.1 Å². The number of carboxylic acid groups (broad SMARTS) is 2. The summed E-state index contributed by atoms with van der Waals surface area (Å²) in [5.41, 5.74) is 3.04. The predicted molar refractivity (Wildman–Crippen MR) is 124 cm³/mol. The molecule has 3 rings (SSSR count). The standard InChI is InChI=1S/C23H25N5O6/c1-12-8-19-16(21(31)26-13(2)25-19)9-14(12)11-28(3)15-4-5-17(24-10-15)22(32)27-18(23(33)34)6-7-20(29)30/h4-5,8-10,18H,6-7,11H2,1-3H3,(H,27,32)(H,29,30)(H,33,34)(H,25,26,31)/t18-/m0/s1. The number of carboxylic acids is 2. The summed E-state index contributed by atoms with van der Waals surface area (Å²) in [6, 6.07) is 5.48. The van der Waals surface area contributed by atoms with Crippen molar-refractivity contribution in [2.24, 2.45) is 0 Å². The van der Waals surface area contributed by atoms with Crippen LogP contribution in [0, 0.1) is 13.8 Å². The fraction of sp³-hybridized carbons (Fsp3) is 0.304. The number of aromatic nitrogens is 3. The highest BCUT2D eigenvalue weighted by Crippen LogP contribution is 2.20. The van der Waals surface area contributed by atoms with Crippen molar-refractivity contribution in [1.29, 1.82) is 0 Å². The zero-order chi connectivity index (χ0) is 25.0. The predicted octanol–water partition coefficient (Wildman–Crippen LogP) is 1.62. The number of hydrogen-bond acceptors (Lipinski definition) is 7. The molecule has 3 aromatic rings. The van der Waals surface area contributed by atoms with Gasteiger partial charge in [0.1, 0.15) is 17.6 Å². The van der Waals surface area contributed by atoms with Crippen molar-refractivity contribution in [1.82, 2.24) is 20.3 Å². The highest BCUT2D eigenvalue weighted by Gasteiger charge is 2.22. The molecule has 0 unspecified atom stereocenters. The first-order chi connectivity index (χ1) is 16.0. The van der Waals surface area contributed by atoms with Crippen molar-refractivity contribution < 1.29 is 24.6 Å². The Morgan fingerprint density at radius 1 is 1.18 bits per heavy atom. The van der Waals surface area contributed by atoms with Gasteiger partial charge in [0, 0.05) is 20.0 Å². The average molecular weight is 467 g/mol. The second-order valence-electron chi connectivity index (χ2n) is 8.00. The van der Waals surface area contributed by atoms with Crippen molar-refractivity contribution in [3.05, 3.63) is 63.5 Å². The molecule has 34 heavy (non-hydrogen) atoms. The van der Waals surface area contributed by atoms with Gasteiger partial charge >= 0.3 is 11.9 Å². The molecular formula is C23H25N5O6. The number of fused-ring (bicyclic) bond motifs is 1. The molecule has 1 aromatic carbocycles. The minimum Gasteiger partial charge on any atom is -0.481 e. The molecule has 0 radical (unpaired) electrons. The Kier molecular flexibility index (Phi) is 7.24. The molecule has 11 nitrogen and oxygen atoms in total. The monoisotopic (exact) mass is 467 g/mol. The molecule has 0 aliphatic rings. The van der Waals surface area contributed by atoms with Gasteiger partial charge in [0.25, 0.3) is 11.5 Å². The molecule has 178 valence electrons. The summed E-state index contributed by atoms with van der Waals surface area (Å²) in [5, 5.41) is 20.7. The number of aliphatic carboxylic acids is 2.